The molecule has 0 aliphatic rings. The highest BCUT2D eigenvalue weighted by molar-refractivity contribution is 5.86. The van der Waals surface area contributed by atoms with E-state index in [1.165, 1.54) is 141 Å². The lowest BCUT2D eigenvalue weighted by Crippen LogP contribution is -2.13. The van der Waals surface area contributed by atoms with E-state index in [1.54, 1.807) is 0 Å². The largest absolute Gasteiger partial charge is 0.311 e. The summed E-state index contributed by atoms with van der Waals surface area (Å²) in [5.74, 6) is 0. The fourth-order valence-electron chi connectivity index (χ4n) is 15.5. The lowest BCUT2D eigenvalue weighted by atomic mass is 10.1. The third-order valence-electron chi connectivity index (χ3n) is 20.6. The van der Waals surface area contributed by atoms with Gasteiger partial charge in [0.2, 0.25) is 0 Å². The summed E-state index contributed by atoms with van der Waals surface area (Å²) in [4.78, 5) is 13.9. The maximum atomic E-state index is 2.35. The Morgan fingerprint density at radius 3 is 0.438 bits per heavy atom. The smallest absolute Gasteiger partial charge is 0.0485 e. The van der Waals surface area contributed by atoms with Gasteiger partial charge >= 0.3 is 0 Å². The minimum absolute atomic E-state index is 1.12. The Kier molecular flexibility index (Phi) is 28.7. The molecule has 0 aliphatic carbocycles. The number of nitrogens with zero attached hydrogens (tertiary/aromatic N) is 6. The Morgan fingerprint density at radius 1 is 0.0909 bits per heavy atom. The van der Waals surface area contributed by atoms with Crippen molar-refractivity contribution in [2.24, 2.45) is 0 Å². The second kappa shape index (κ2) is 41.1. The van der Waals surface area contributed by atoms with Crippen molar-refractivity contribution in [1.82, 2.24) is 0 Å². The zero-order valence-corrected chi connectivity index (χ0v) is 72.2. The van der Waals surface area contributed by atoms with Gasteiger partial charge in [-0.1, -0.05) is 230 Å². The molecule has 0 aromatic heterocycles. The summed E-state index contributed by atoms with van der Waals surface area (Å²) in [6.07, 6.45) is 0. The highest BCUT2D eigenvalue weighted by atomic mass is 15.2. The van der Waals surface area contributed by atoms with Gasteiger partial charge in [0.1, 0.15) is 0 Å². The molecule has 0 unspecified atom stereocenters. The van der Waals surface area contributed by atoms with Crippen molar-refractivity contribution in [2.45, 2.75) is 90.0 Å². The van der Waals surface area contributed by atoms with Gasteiger partial charge in [0.05, 0.1) is 0 Å². The molecule has 0 heterocycles. The third-order valence-corrected chi connectivity index (χ3v) is 20.6. The summed E-state index contributed by atoms with van der Waals surface area (Å²) in [5, 5.41) is 0. The van der Waals surface area contributed by atoms with Gasteiger partial charge < -0.3 is 29.4 Å². The van der Waals surface area contributed by atoms with Gasteiger partial charge in [-0.3, -0.25) is 0 Å². The molecule has 0 saturated carbocycles. The first-order chi connectivity index (χ1) is 58.8. The molecule has 0 amide bonds. The molecule has 17 aromatic carbocycles. The molecule has 17 aromatic rings. The molecule has 6 heteroatoms. The van der Waals surface area contributed by atoms with E-state index in [-0.39, 0.29) is 0 Å². The molecule has 0 aliphatic heterocycles. The molecule has 0 fully saturated rings. The van der Waals surface area contributed by atoms with Crippen LogP contribution in [0.3, 0.4) is 0 Å². The van der Waals surface area contributed by atoms with Gasteiger partial charge in [0, 0.05) is 102 Å². The second-order valence-electron chi connectivity index (χ2n) is 31.5. The van der Waals surface area contributed by atoms with Crippen LogP contribution in [-0.4, -0.2) is 0 Å². The first kappa shape index (κ1) is 84.5. The van der Waals surface area contributed by atoms with Crippen molar-refractivity contribution < 1.29 is 0 Å². The Hall–Kier alpha value is -14.5. The number of anilines is 18. The van der Waals surface area contributed by atoms with Gasteiger partial charge in [0.15, 0.2) is 0 Å². The lowest BCUT2D eigenvalue weighted by molar-refractivity contribution is 1.23. The van der Waals surface area contributed by atoms with Crippen LogP contribution in [0.2, 0.25) is 0 Å². The number of benzene rings is 17. The van der Waals surface area contributed by atoms with E-state index >= 15 is 0 Å². The zero-order valence-electron chi connectivity index (χ0n) is 72.2. The van der Waals surface area contributed by atoms with Crippen LogP contribution >= 0.6 is 0 Å². The molecule has 600 valence electrons. The average molecular weight is 1580 g/mol. The van der Waals surface area contributed by atoms with Crippen molar-refractivity contribution in [3.05, 3.63) is 503 Å². The SMILES string of the molecule is Cc1cc(N(c2ccccc2)c2ccccc2)cc(N(c2ccccc2)c2ccccc2)c1.Cc1ccc(N(c2cc(C)cc(C)c2)c2cc(C)cc(C)c2)cc1.Cc1ccc(N(c2ccccc2)c2ccccc2)cc1.Cc1cccc(N(c2cc(C)cc(C)c2)c2cc(C)cc(C)c2)c1.Cc1cccc(N(c2ccccc2)c2ccccc2)c1. The molecule has 17 rings (SSSR count). The van der Waals surface area contributed by atoms with E-state index < -0.39 is 0 Å². The van der Waals surface area contributed by atoms with Gasteiger partial charge in [-0.15, -0.1) is 0 Å². The molecule has 6 nitrogen and oxygen atoms in total. The quantitative estimate of drug-likeness (QED) is 0.0847. The highest BCUT2D eigenvalue weighted by Crippen LogP contribution is 2.44. The predicted molar refractivity (Wildman–Crippen MR) is 522 cm³/mol. The first-order valence-corrected chi connectivity index (χ1v) is 41.8. The number of rotatable bonds is 18. The molecule has 0 N–H and O–H groups in total. The first-order valence-electron chi connectivity index (χ1n) is 41.8. The van der Waals surface area contributed by atoms with Crippen molar-refractivity contribution in [2.75, 3.05) is 29.4 Å². The number of aryl methyl sites for hydroxylation is 13. The molecule has 0 radical (unpaired) electrons. The Bertz CT molecular complexity index is 5660. The highest BCUT2D eigenvalue weighted by Gasteiger charge is 2.21. The number of hydrogen-bond acceptors (Lipinski definition) is 6. The molecule has 0 atom stereocenters. The van der Waals surface area contributed by atoms with Crippen LogP contribution in [-0.2, 0) is 0 Å². The fourth-order valence-corrected chi connectivity index (χ4v) is 15.5. The van der Waals surface area contributed by atoms with Crippen molar-refractivity contribution in [1.29, 1.82) is 0 Å². The van der Waals surface area contributed by atoms with Crippen LogP contribution in [0.1, 0.15) is 72.3 Å². The Balaban J connectivity index is 0.000000132. The molecule has 0 saturated heterocycles. The molecule has 0 spiro atoms. The minimum Gasteiger partial charge on any atom is -0.311 e. The van der Waals surface area contributed by atoms with Crippen molar-refractivity contribution in [3.63, 3.8) is 0 Å². The summed E-state index contributed by atoms with van der Waals surface area (Å²) in [6, 6.07) is 152. The van der Waals surface area contributed by atoms with Gasteiger partial charge in [-0.25, -0.2) is 0 Å². The summed E-state index contributed by atoms with van der Waals surface area (Å²) in [6.45, 7) is 27.9. The predicted octanol–water partition coefficient (Wildman–Crippen LogP) is 33.3. The summed E-state index contributed by atoms with van der Waals surface area (Å²) in [7, 11) is 0. The molecule has 0 bridgehead atoms. The maximum Gasteiger partial charge on any atom is 0.0485 e. The molecular formula is C115H110N6. The van der Waals surface area contributed by atoms with E-state index in [1.807, 2.05) is 24.3 Å². The fraction of sp³-hybridized carbons (Fsp3) is 0.113. The van der Waals surface area contributed by atoms with E-state index in [0.29, 0.717) is 0 Å². The normalized spacial score (nSPS) is 10.5. The van der Waals surface area contributed by atoms with Crippen LogP contribution in [0.5, 0.6) is 0 Å². The minimum atomic E-state index is 1.12. The zero-order chi connectivity index (χ0) is 84.6. The number of para-hydroxylation sites is 8. The third kappa shape index (κ3) is 23.1. The summed E-state index contributed by atoms with van der Waals surface area (Å²) >= 11 is 0. The monoisotopic (exact) mass is 1570 g/mol. The van der Waals surface area contributed by atoms with Crippen molar-refractivity contribution >= 4 is 102 Å². The second-order valence-corrected chi connectivity index (χ2v) is 31.5. The average Bonchev–Trinajstić information content (AvgIpc) is 0.787. The van der Waals surface area contributed by atoms with Crippen LogP contribution in [0, 0.1) is 90.0 Å². The van der Waals surface area contributed by atoms with Gasteiger partial charge in [-0.05, 0) is 364 Å². The van der Waals surface area contributed by atoms with Gasteiger partial charge in [0.25, 0.3) is 0 Å². The van der Waals surface area contributed by atoms with E-state index in [0.717, 1.165) is 34.1 Å². The van der Waals surface area contributed by atoms with E-state index in [2.05, 4.69) is 526 Å². The van der Waals surface area contributed by atoms with Crippen LogP contribution in [0.15, 0.2) is 431 Å². The lowest BCUT2D eigenvalue weighted by Gasteiger charge is -2.30. The summed E-state index contributed by atoms with van der Waals surface area (Å²) < 4.78 is 0. The van der Waals surface area contributed by atoms with E-state index in [4.69, 9.17) is 0 Å². The molecular weight excluding hydrogens is 1470 g/mol. The number of hydrogen-bond donors (Lipinski definition) is 0. The van der Waals surface area contributed by atoms with Crippen LogP contribution in [0.25, 0.3) is 0 Å². The van der Waals surface area contributed by atoms with Crippen LogP contribution < -0.4 is 29.4 Å². The van der Waals surface area contributed by atoms with Gasteiger partial charge in [-0.2, -0.15) is 0 Å². The topological polar surface area (TPSA) is 19.4 Å². The standard InChI is InChI=1S/C31H26N2.2C23H25N.2C19H17N/c1-25-22-30(32(26-14-6-2-7-15-26)27-16-8-3-9-17-27)24-31(23-25)33(28-18-10-4-11-19-28)29-20-12-5-13-21-29;1-16-6-8-21(9-7-16)24(22-12-17(2)10-18(3)13-22)23-14-19(4)11-20(5)15-23;1-16-7-6-8-21(11-16)24(22-12-17(2)9-18(3)13-22)23-14-19(4)10-20(5)15-23;1-16-9-8-14-19(15-16)20(17-10-4-2-5-11-17)18-12-6-3-7-13-18;1-16-12-14-19(15-13-16)20(17-8-4-2-5-9-17)18-10-6-3-7-11-18/h2-24H,1H3;2*6-15H,1-5H3;2*2-15H,1H3. The van der Waals surface area contributed by atoms with E-state index in [9.17, 15) is 0 Å². The summed E-state index contributed by atoms with van der Waals surface area (Å²) in [5.41, 5.74) is 37.6. The Labute approximate surface area is 720 Å². The van der Waals surface area contributed by atoms with Crippen molar-refractivity contribution in [3.8, 4) is 0 Å². The molecule has 121 heavy (non-hydrogen) atoms. The Morgan fingerprint density at radius 2 is 0.231 bits per heavy atom. The van der Waals surface area contributed by atoms with Crippen LogP contribution in [0.4, 0.5) is 102 Å². The maximum absolute atomic E-state index is 2.35.